The molecule has 0 N–H and O–H groups in total. The summed E-state index contributed by atoms with van der Waals surface area (Å²) in [6.07, 6.45) is 23.7. The number of halogens is 2. The van der Waals surface area contributed by atoms with Gasteiger partial charge in [0.05, 0.1) is 12.2 Å². The van der Waals surface area contributed by atoms with Crippen molar-refractivity contribution in [3.63, 3.8) is 0 Å². The molecule has 6 aromatic carbocycles. The quantitative estimate of drug-likeness (QED) is 0.112. The van der Waals surface area contributed by atoms with Crippen molar-refractivity contribution in [2.24, 2.45) is 0 Å². The third-order valence-corrected chi connectivity index (χ3v) is 15.8. The Kier molecular flexibility index (Phi) is 10.6. The number of hydrogen-bond acceptors (Lipinski definition) is 2. The summed E-state index contributed by atoms with van der Waals surface area (Å²) in [7, 11) is 7.51. The fraction of sp³-hybridized carbons (Fsp3) is 0.240. The normalized spacial score (nSPS) is 18.5. The molecular formula is C50H46Cl2O2SiZr. The number of aryl methyl sites for hydroxylation is 2. The first-order chi connectivity index (χ1) is 27.2. The van der Waals surface area contributed by atoms with E-state index in [9.17, 15) is 0 Å². The molecule has 0 heterocycles. The minimum absolute atomic E-state index is 0.119. The molecule has 56 heavy (non-hydrogen) atoms. The fourth-order valence-corrected chi connectivity index (χ4v) is 13.8. The van der Waals surface area contributed by atoms with Gasteiger partial charge in [-0.25, -0.2) is 0 Å². The summed E-state index contributed by atoms with van der Waals surface area (Å²) in [5, 5.41) is 8.02. The molecule has 4 aliphatic rings. The van der Waals surface area contributed by atoms with Crippen LogP contribution < -0.4 is 19.8 Å². The van der Waals surface area contributed by atoms with Crippen molar-refractivity contribution in [2.45, 2.75) is 76.7 Å². The van der Waals surface area contributed by atoms with Gasteiger partial charge in [0.1, 0.15) is 11.5 Å². The van der Waals surface area contributed by atoms with Crippen LogP contribution in [0.4, 0.5) is 0 Å². The van der Waals surface area contributed by atoms with Crippen molar-refractivity contribution in [3.8, 4) is 11.5 Å². The zero-order valence-corrected chi connectivity index (χ0v) is 37.4. The summed E-state index contributed by atoms with van der Waals surface area (Å²) >= 11 is -0.826. The van der Waals surface area contributed by atoms with Gasteiger partial charge in [0.2, 0.25) is 0 Å². The second-order valence-electron chi connectivity index (χ2n) is 16.4. The van der Waals surface area contributed by atoms with E-state index in [0.29, 0.717) is 12.2 Å². The van der Waals surface area contributed by atoms with Crippen LogP contribution in [0, 0.1) is 13.8 Å². The van der Waals surface area contributed by atoms with E-state index >= 15 is 0 Å². The third-order valence-electron chi connectivity index (χ3n) is 12.0. The second-order valence-corrected chi connectivity index (χ2v) is 24.4. The molecule has 10 rings (SSSR count). The Morgan fingerprint density at radius 3 is 1.43 bits per heavy atom. The monoisotopic (exact) mass is 866 g/mol. The van der Waals surface area contributed by atoms with E-state index in [1.165, 1.54) is 66.1 Å². The molecule has 2 unspecified atom stereocenters. The van der Waals surface area contributed by atoms with E-state index in [2.05, 4.69) is 160 Å². The SMILES string of the molecule is Cc1[cH-]c2c(c1[Si](C)(C)c1c(C)[cH-]c3c1C(c1cc(OC4CC4)c4ccccc4c1)C=CC=C3)C(c1cc(OC3CC3)c3ccccc3c1)C=CC=C2.[Cl][Zr+2][Cl]. The number of ether oxygens (including phenoxy) is 2. The molecule has 0 aromatic heterocycles. The van der Waals surface area contributed by atoms with Gasteiger partial charge in [0.25, 0.3) is 0 Å². The first kappa shape index (κ1) is 37.9. The van der Waals surface area contributed by atoms with E-state index in [-0.39, 0.29) is 11.8 Å². The molecule has 2 fully saturated rings. The van der Waals surface area contributed by atoms with Crippen molar-refractivity contribution >= 4 is 69.2 Å². The van der Waals surface area contributed by atoms with Gasteiger partial charge in [-0.15, -0.1) is 58.7 Å². The summed E-state index contributed by atoms with van der Waals surface area (Å²) in [5.41, 5.74) is 11.0. The van der Waals surface area contributed by atoms with E-state index in [0.717, 1.165) is 37.2 Å². The van der Waals surface area contributed by atoms with E-state index in [1.54, 1.807) is 10.4 Å². The molecule has 4 aliphatic carbocycles. The van der Waals surface area contributed by atoms with Gasteiger partial charge in [-0.1, -0.05) is 112 Å². The summed E-state index contributed by atoms with van der Waals surface area (Å²) in [6, 6.07) is 31.9. The average molecular weight is 869 g/mol. The fourth-order valence-electron chi connectivity index (χ4n) is 9.51. The number of rotatable bonds is 8. The molecular weight excluding hydrogens is 823 g/mol. The Bertz CT molecular complexity index is 2400. The van der Waals surface area contributed by atoms with Crippen molar-refractivity contribution in [1.82, 2.24) is 0 Å². The van der Waals surface area contributed by atoms with Gasteiger partial charge < -0.3 is 9.47 Å². The second kappa shape index (κ2) is 15.6. The molecule has 0 spiro atoms. The maximum atomic E-state index is 6.60. The van der Waals surface area contributed by atoms with Gasteiger partial charge in [-0.3, -0.25) is 0 Å². The van der Waals surface area contributed by atoms with Crippen LogP contribution in [0.2, 0.25) is 13.1 Å². The van der Waals surface area contributed by atoms with Gasteiger partial charge in [-0.2, -0.15) is 21.5 Å². The predicted octanol–water partition coefficient (Wildman–Crippen LogP) is 12.8. The molecule has 0 bridgehead atoms. The van der Waals surface area contributed by atoms with Gasteiger partial charge in [-0.05, 0) is 71.6 Å². The summed E-state index contributed by atoms with van der Waals surface area (Å²) in [4.78, 5) is 0. The van der Waals surface area contributed by atoms with Crippen molar-refractivity contribution in [1.29, 1.82) is 0 Å². The number of allylic oxidation sites excluding steroid dienone is 6. The van der Waals surface area contributed by atoms with Crippen LogP contribution in [-0.2, 0) is 20.8 Å². The van der Waals surface area contributed by atoms with Gasteiger partial charge in [0, 0.05) is 18.8 Å². The summed E-state index contributed by atoms with van der Waals surface area (Å²) < 4.78 is 13.2. The minimum atomic E-state index is -2.36. The summed E-state index contributed by atoms with van der Waals surface area (Å²) in [6.45, 7) is 9.92. The molecule has 0 saturated heterocycles. The molecule has 6 heteroatoms. The standard InChI is InChI=1S/C50H46O2Si.2ClH.Zr/c1-31-25-35-15-7-11-19-43(37-27-33-13-5-9-17-41(33)45(29-37)51-39-21-22-39)47(35)49(31)53(3,4)50-32(2)26-36-16-8-12-20-44(48(36)50)38-28-34-14-6-10-18-42(34)46(30-38)52-40-23-24-40;;;/h5-20,25-30,39-40,43-44H,21-24H2,1-4H3;2*1H;/q-2;;;+4/p-2. The zero-order chi connectivity index (χ0) is 38.6. The number of benzene rings is 4. The Balaban J connectivity index is 0.00000133. The van der Waals surface area contributed by atoms with Crippen molar-refractivity contribution in [3.05, 3.63) is 166 Å². The molecule has 6 aromatic rings. The van der Waals surface area contributed by atoms with Crippen LogP contribution in [0.1, 0.15) is 82.0 Å². The zero-order valence-electron chi connectivity index (χ0n) is 32.4. The van der Waals surface area contributed by atoms with E-state index in [4.69, 9.17) is 26.5 Å². The van der Waals surface area contributed by atoms with E-state index in [1.807, 2.05) is 0 Å². The average Bonchev–Trinajstić information content (AvgIpc) is 4.12. The predicted molar refractivity (Wildman–Crippen MR) is 237 cm³/mol. The van der Waals surface area contributed by atoms with Gasteiger partial charge >= 0.3 is 37.9 Å². The molecule has 0 radical (unpaired) electrons. The molecule has 280 valence electrons. The van der Waals surface area contributed by atoms with Crippen LogP contribution >= 0.6 is 17.0 Å². The summed E-state index contributed by atoms with van der Waals surface area (Å²) in [5.74, 6) is 2.28. The van der Waals surface area contributed by atoms with Crippen LogP contribution in [0.5, 0.6) is 11.5 Å². The van der Waals surface area contributed by atoms with Crippen LogP contribution in [0.3, 0.4) is 0 Å². The first-order valence-electron chi connectivity index (χ1n) is 19.9. The Morgan fingerprint density at radius 1 is 0.607 bits per heavy atom. The number of fused-ring (bicyclic) bond motifs is 4. The molecule has 2 saturated carbocycles. The van der Waals surface area contributed by atoms with Crippen LogP contribution in [0.25, 0.3) is 33.7 Å². The number of hydrogen-bond donors (Lipinski definition) is 0. The Labute approximate surface area is 350 Å². The molecule has 0 amide bonds. The maximum absolute atomic E-state index is 6.60. The first-order valence-corrected chi connectivity index (χ1v) is 29.2. The van der Waals surface area contributed by atoms with Crippen LogP contribution in [-0.4, -0.2) is 20.3 Å². The van der Waals surface area contributed by atoms with E-state index < -0.39 is 28.9 Å². The molecule has 2 atom stereocenters. The topological polar surface area (TPSA) is 18.5 Å². The van der Waals surface area contributed by atoms with Crippen molar-refractivity contribution < 1.29 is 30.3 Å². The Morgan fingerprint density at radius 2 is 1.02 bits per heavy atom. The molecule has 0 aliphatic heterocycles. The Hall–Kier alpha value is -3.66. The van der Waals surface area contributed by atoms with Crippen LogP contribution in [0.15, 0.2) is 121 Å². The molecule has 2 nitrogen and oxygen atoms in total. The van der Waals surface area contributed by atoms with Crippen molar-refractivity contribution in [2.75, 3.05) is 0 Å². The third kappa shape index (κ3) is 7.21. The van der Waals surface area contributed by atoms with Gasteiger partial charge in [0.15, 0.2) is 0 Å².